The van der Waals surface area contributed by atoms with E-state index in [0.29, 0.717) is 0 Å². The van der Waals surface area contributed by atoms with E-state index < -0.39 is 27.6 Å². The Kier molecular flexibility index (Phi) is 4.04. The van der Waals surface area contributed by atoms with Crippen LogP contribution in [0.2, 0.25) is 0 Å². The first-order valence-electron chi connectivity index (χ1n) is 4.04. The second-order valence-electron chi connectivity index (χ2n) is 4.18. The van der Waals surface area contributed by atoms with Crippen LogP contribution in [0.15, 0.2) is 0 Å². The highest BCUT2D eigenvalue weighted by Gasteiger charge is 2.29. The molecular formula is C7H16N2O4S. The molecule has 14 heavy (non-hydrogen) atoms. The SMILES string of the molecule is CC(C)(C)C(CC(=O)O)NS(N)(=O)=O. The second-order valence-corrected chi connectivity index (χ2v) is 5.51. The summed E-state index contributed by atoms with van der Waals surface area (Å²) in [5.74, 6) is -1.07. The molecule has 7 heteroatoms. The quantitative estimate of drug-likeness (QED) is 0.607. The first kappa shape index (κ1) is 13.3. The maximum atomic E-state index is 10.7. The van der Waals surface area contributed by atoms with Gasteiger partial charge in [-0.2, -0.15) is 13.1 Å². The number of nitrogens with one attached hydrogen (secondary N) is 1. The molecule has 1 atom stereocenters. The highest BCUT2D eigenvalue weighted by atomic mass is 32.2. The van der Waals surface area contributed by atoms with Crippen LogP contribution in [0.4, 0.5) is 0 Å². The van der Waals surface area contributed by atoms with Gasteiger partial charge in [-0.3, -0.25) is 4.79 Å². The van der Waals surface area contributed by atoms with Crippen molar-refractivity contribution in [2.24, 2.45) is 10.6 Å². The minimum Gasteiger partial charge on any atom is -0.481 e. The molecule has 1 unspecified atom stereocenters. The standard InChI is InChI=1S/C7H16N2O4S/c1-7(2,3)5(4-6(10)11)9-14(8,12)13/h5,9H,4H2,1-3H3,(H,10,11)(H2,8,12,13). The van der Waals surface area contributed by atoms with Crippen molar-refractivity contribution in [1.29, 1.82) is 0 Å². The van der Waals surface area contributed by atoms with E-state index in [9.17, 15) is 13.2 Å². The summed E-state index contributed by atoms with van der Waals surface area (Å²) in [7, 11) is -3.87. The molecule has 0 aliphatic carbocycles. The van der Waals surface area contributed by atoms with Crippen LogP contribution in [0.5, 0.6) is 0 Å². The summed E-state index contributed by atoms with van der Waals surface area (Å²) in [4.78, 5) is 10.5. The average molecular weight is 224 g/mol. The van der Waals surface area contributed by atoms with Crippen molar-refractivity contribution in [3.63, 3.8) is 0 Å². The number of aliphatic carboxylic acids is 1. The molecule has 6 nitrogen and oxygen atoms in total. The van der Waals surface area contributed by atoms with Gasteiger partial charge in [0.1, 0.15) is 0 Å². The number of carboxylic acids is 1. The van der Waals surface area contributed by atoms with Crippen LogP contribution in [0.3, 0.4) is 0 Å². The van der Waals surface area contributed by atoms with E-state index in [0.717, 1.165) is 0 Å². The van der Waals surface area contributed by atoms with Gasteiger partial charge < -0.3 is 5.11 Å². The Balaban J connectivity index is 4.67. The predicted octanol–water partition coefficient (Wildman–Crippen LogP) is -0.331. The van der Waals surface area contributed by atoms with Crippen molar-refractivity contribution in [2.45, 2.75) is 33.2 Å². The van der Waals surface area contributed by atoms with Crippen LogP contribution in [0.25, 0.3) is 0 Å². The van der Waals surface area contributed by atoms with Crippen molar-refractivity contribution in [3.8, 4) is 0 Å². The number of hydrogen-bond donors (Lipinski definition) is 3. The normalized spacial score (nSPS) is 15.1. The number of hydrogen-bond acceptors (Lipinski definition) is 3. The first-order chi connectivity index (χ1) is 6.02. The number of carboxylic acid groups (broad SMARTS) is 1. The Labute approximate surface area is 83.7 Å². The molecule has 0 aromatic rings. The predicted molar refractivity (Wildman–Crippen MR) is 51.7 cm³/mol. The summed E-state index contributed by atoms with van der Waals surface area (Å²) in [6.07, 6.45) is -0.292. The third-order valence-corrected chi connectivity index (χ3v) is 2.34. The van der Waals surface area contributed by atoms with Crippen molar-refractivity contribution in [3.05, 3.63) is 0 Å². The fourth-order valence-corrected chi connectivity index (χ4v) is 1.73. The summed E-state index contributed by atoms with van der Waals surface area (Å²) < 4.78 is 23.6. The lowest BCUT2D eigenvalue weighted by atomic mass is 9.85. The minimum absolute atomic E-state index is 0.292. The lowest BCUT2D eigenvalue weighted by molar-refractivity contribution is -0.138. The van der Waals surface area contributed by atoms with Crippen molar-refractivity contribution in [1.82, 2.24) is 4.72 Å². The number of nitrogens with two attached hydrogens (primary N) is 1. The van der Waals surface area contributed by atoms with Crippen LogP contribution < -0.4 is 9.86 Å². The van der Waals surface area contributed by atoms with E-state index in [4.69, 9.17) is 10.2 Å². The molecule has 0 heterocycles. The van der Waals surface area contributed by atoms with Crippen molar-refractivity contribution < 1.29 is 18.3 Å². The number of rotatable bonds is 4. The average Bonchev–Trinajstić information content (AvgIpc) is 1.78. The molecule has 0 aliphatic rings. The fraction of sp³-hybridized carbons (Fsp3) is 0.857. The molecule has 84 valence electrons. The molecule has 0 saturated carbocycles. The molecule has 4 N–H and O–H groups in total. The maximum Gasteiger partial charge on any atom is 0.304 e. The fourth-order valence-electron chi connectivity index (χ4n) is 0.898. The minimum atomic E-state index is -3.87. The van der Waals surface area contributed by atoms with Gasteiger partial charge in [0.15, 0.2) is 0 Å². The molecule has 0 radical (unpaired) electrons. The molecule has 0 aromatic heterocycles. The summed E-state index contributed by atoms with van der Waals surface area (Å²) in [5, 5.41) is 13.3. The van der Waals surface area contributed by atoms with Crippen LogP contribution in [0, 0.1) is 5.41 Å². The zero-order valence-corrected chi connectivity index (χ0v) is 9.26. The lowest BCUT2D eigenvalue weighted by Gasteiger charge is -2.29. The first-order valence-corrected chi connectivity index (χ1v) is 5.59. The topological polar surface area (TPSA) is 109 Å². The Morgan fingerprint density at radius 2 is 1.93 bits per heavy atom. The van der Waals surface area contributed by atoms with E-state index >= 15 is 0 Å². The van der Waals surface area contributed by atoms with Gasteiger partial charge in [0.25, 0.3) is 10.2 Å². The zero-order valence-electron chi connectivity index (χ0n) is 8.44. The Morgan fingerprint density at radius 1 is 1.50 bits per heavy atom. The monoisotopic (exact) mass is 224 g/mol. The molecule has 0 bridgehead atoms. The van der Waals surface area contributed by atoms with Gasteiger partial charge in [0.2, 0.25) is 0 Å². The largest absolute Gasteiger partial charge is 0.481 e. The summed E-state index contributed by atoms with van der Waals surface area (Å²) in [6.45, 7) is 5.20. The van der Waals surface area contributed by atoms with Gasteiger partial charge >= 0.3 is 5.97 Å². The molecule has 0 spiro atoms. The third kappa shape index (κ3) is 5.90. The molecule has 0 aromatic carbocycles. The van der Waals surface area contributed by atoms with Crippen LogP contribution in [-0.4, -0.2) is 25.5 Å². The van der Waals surface area contributed by atoms with E-state index in [1.807, 2.05) is 0 Å². The molecular weight excluding hydrogens is 208 g/mol. The van der Waals surface area contributed by atoms with Crippen molar-refractivity contribution in [2.75, 3.05) is 0 Å². The van der Waals surface area contributed by atoms with Crippen molar-refractivity contribution >= 4 is 16.2 Å². The lowest BCUT2D eigenvalue weighted by Crippen LogP contribution is -2.47. The van der Waals surface area contributed by atoms with E-state index in [2.05, 4.69) is 4.72 Å². The van der Waals surface area contributed by atoms with Gasteiger partial charge in [-0.25, -0.2) is 5.14 Å². The zero-order chi connectivity index (χ0) is 11.6. The van der Waals surface area contributed by atoms with Crippen LogP contribution >= 0.6 is 0 Å². The van der Waals surface area contributed by atoms with Gasteiger partial charge in [-0.1, -0.05) is 20.8 Å². The summed E-state index contributed by atoms with van der Waals surface area (Å²) in [5.41, 5.74) is -0.495. The van der Waals surface area contributed by atoms with Gasteiger partial charge in [-0.15, -0.1) is 0 Å². The van der Waals surface area contributed by atoms with Crippen LogP contribution in [-0.2, 0) is 15.0 Å². The Morgan fingerprint density at radius 3 is 2.14 bits per heavy atom. The summed E-state index contributed by atoms with van der Waals surface area (Å²) in [6, 6.07) is -0.713. The van der Waals surface area contributed by atoms with Gasteiger partial charge in [0.05, 0.1) is 6.42 Å². The summed E-state index contributed by atoms with van der Waals surface area (Å²) >= 11 is 0. The molecule has 0 aliphatic heterocycles. The number of carbonyl (C=O) groups is 1. The van der Waals surface area contributed by atoms with E-state index in [1.165, 1.54) is 0 Å². The Hall–Kier alpha value is -0.660. The van der Waals surface area contributed by atoms with E-state index in [-0.39, 0.29) is 6.42 Å². The van der Waals surface area contributed by atoms with Gasteiger partial charge in [-0.05, 0) is 5.41 Å². The van der Waals surface area contributed by atoms with Crippen LogP contribution in [0.1, 0.15) is 27.2 Å². The molecule has 0 amide bonds. The highest BCUT2D eigenvalue weighted by molar-refractivity contribution is 7.87. The second kappa shape index (κ2) is 4.24. The van der Waals surface area contributed by atoms with Gasteiger partial charge in [0, 0.05) is 6.04 Å². The maximum absolute atomic E-state index is 10.7. The molecule has 0 saturated heterocycles. The molecule has 0 rings (SSSR count). The third-order valence-electron chi connectivity index (χ3n) is 1.73. The molecule has 0 fully saturated rings. The smallest absolute Gasteiger partial charge is 0.304 e. The highest BCUT2D eigenvalue weighted by Crippen LogP contribution is 2.22. The Bertz CT molecular complexity index is 304. The van der Waals surface area contributed by atoms with E-state index in [1.54, 1.807) is 20.8 Å².